The van der Waals surface area contributed by atoms with E-state index in [9.17, 15) is 15.3 Å². The molecule has 0 bridgehead atoms. The highest BCUT2D eigenvalue weighted by atomic mass is 16.6. The van der Waals surface area contributed by atoms with Crippen molar-refractivity contribution in [3.05, 3.63) is 34.0 Å². The van der Waals surface area contributed by atoms with Crippen LogP contribution in [0.4, 0.5) is 0 Å². The first-order chi connectivity index (χ1) is 7.08. The topological polar surface area (TPSA) is 117 Å². The monoisotopic (exact) mass is 209 g/mol. The van der Waals surface area contributed by atoms with Gasteiger partial charge < -0.3 is 5.73 Å². The molecule has 1 unspecified atom stereocenters. The predicted molar refractivity (Wildman–Crippen MR) is 50.7 cm³/mol. The number of allylic oxidation sites excluding steroid dienone is 1. The number of nitro groups is 1. The van der Waals surface area contributed by atoms with Crippen LogP contribution in [0.15, 0.2) is 34.0 Å². The Morgan fingerprint density at radius 2 is 2.40 bits per heavy atom. The molecule has 0 aromatic heterocycles. The molecule has 0 fully saturated rings. The normalized spacial score (nSPS) is 23.9. The molecule has 3 N–H and O–H groups in total. The molecule has 0 aromatic rings. The van der Waals surface area contributed by atoms with Crippen molar-refractivity contribution in [3.8, 4) is 0 Å². The Morgan fingerprint density at radius 1 is 1.67 bits per heavy atom. The number of rotatable bonds is 1. The minimum atomic E-state index is -0.983. The van der Waals surface area contributed by atoms with Crippen molar-refractivity contribution in [3.63, 3.8) is 0 Å². The minimum Gasteiger partial charge on any atom is -0.366 e. The van der Waals surface area contributed by atoms with E-state index in [0.717, 1.165) is 0 Å². The van der Waals surface area contributed by atoms with Crippen molar-refractivity contribution >= 4 is 11.7 Å². The van der Waals surface area contributed by atoms with Crippen LogP contribution in [0, 0.1) is 10.1 Å². The minimum absolute atomic E-state index is 0.103. The highest BCUT2D eigenvalue weighted by molar-refractivity contribution is 6.14. The van der Waals surface area contributed by atoms with Gasteiger partial charge in [-0.05, 0) is 12.2 Å². The average Bonchev–Trinajstić information content (AvgIpc) is 2.16. The van der Waals surface area contributed by atoms with Crippen LogP contribution in [0.25, 0.3) is 0 Å². The molecule has 0 amide bonds. The molecule has 15 heavy (non-hydrogen) atoms. The van der Waals surface area contributed by atoms with Gasteiger partial charge in [-0.1, -0.05) is 0 Å². The van der Waals surface area contributed by atoms with Crippen molar-refractivity contribution in [1.82, 2.24) is 5.17 Å². The Balaban J connectivity index is 2.38. The zero-order chi connectivity index (χ0) is 11.0. The van der Waals surface area contributed by atoms with Gasteiger partial charge in [0, 0.05) is 11.0 Å². The summed E-state index contributed by atoms with van der Waals surface area (Å²) in [5, 5.41) is 23.8. The van der Waals surface area contributed by atoms with Crippen LogP contribution in [-0.4, -0.2) is 33.0 Å². The van der Waals surface area contributed by atoms with Crippen molar-refractivity contribution in [2.45, 2.75) is 6.04 Å². The van der Waals surface area contributed by atoms with Gasteiger partial charge in [-0.2, -0.15) is 0 Å². The summed E-state index contributed by atoms with van der Waals surface area (Å²) in [7, 11) is 0. The summed E-state index contributed by atoms with van der Waals surface area (Å²) < 4.78 is 0. The molecule has 2 rings (SSSR count). The number of nitrogens with two attached hydrogens (primary N) is 1. The molecule has 0 spiro atoms. The van der Waals surface area contributed by atoms with E-state index in [2.05, 4.69) is 10.1 Å². The van der Waals surface area contributed by atoms with E-state index >= 15 is 0 Å². The molecule has 0 aromatic carbocycles. The average molecular weight is 209 g/mol. The summed E-state index contributed by atoms with van der Waals surface area (Å²) in [5.41, 5.74) is 5.80. The Hall–Kier alpha value is -2.22. The van der Waals surface area contributed by atoms with Gasteiger partial charge in [0.2, 0.25) is 5.96 Å². The van der Waals surface area contributed by atoms with E-state index in [1.807, 2.05) is 0 Å². The van der Waals surface area contributed by atoms with Gasteiger partial charge in [0.05, 0.1) is 5.71 Å². The molecule has 1 atom stereocenters. The molecule has 8 nitrogen and oxygen atoms in total. The summed E-state index contributed by atoms with van der Waals surface area (Å²) in [4.78, 5) is 13.8. The molecule has 78 valence electrons. The van der Waals surface area contributed by atoms with Gasteiger partial charge >= 0.3 is 0 Å². The predicted octanol–water partition coefficient (Wildman–Crippen LogP) is -0.539. The number of aliphatic imine (C=N–C) groups is 1. The molecule has 2 aliphatic rings. The summed E-state index contributed by atoms with van der Waals surface area (Å²) in [6.45, 7) is 0. The lowest BCUT2D eigenvalue weighted by atomic mass is 10.1. The molecule has 1 aliphatic carbocycles. The lowest BCUT2D eigenvalue weighted by Crippen LogP contribution is -2.32. The second-order valence-corrected chi connectivity index (χ2v) is 2.93. The van der Waals surface area contributed by atoms with Crippen LogP contribution < -0.4 is 5.73 Å². The zero-order valence-electron chi connectivity index (χ0n) is 7.44. The Morgan fingerprint density at radius 3 is 3.07 bits per heavy atom. The number of hydroxylamine groups is 1. The zero-order valence-corrected chi connectivity index (χ0v) is 7.44. The van der Waals surface area contributed by atoms with Crippen LogP contribution >= 0.6 is 0 Å². The molecular weight excluding hydrogens is 202 g/mol. The number of hydrazone groups is 1. The largest absolute Gasteiger partial charge is 0.366 e. The Kier molecular flexibility index (Phi) is 1.97. The summed E-state index contributed by atoms with van der Waals surface area (Å²) in [5.74, 6) is -0.103. The lowest BCUT2D eigenvalue weighted by molar-refractivity contribution is -0.496. The molecule has 1 heterocycles. The van der Waals surface area contributed by atoms with Crippen LogP contribution in [-0.2, 0) is 0 Å². The van der Waals surface area contributed by atoms with E-state index in [-0.39, 0.29) is 11.7 Å². The second kappa shape index (κ2) is 3.17. The third-order valence-electron chi connectivity index (χ3n) is 1.93. The second-order valence-electron chi connectivity index (χ2n) is 2.93. The third kappa shape index (κ3) is 1.57. The van der Waals surface area contributed by atoms with E-state index in [0.29, 0.717) is 10.9 Å². The maximum atomic E-state index is 10.5. The van der Waals surface area contributed by atoms with Gasteiger partial charge in [-0.15, -0.1) is 10.3 Å². The van der Waals surface area contributed by atoms with Crippen molar-refractivity contribution in [2.75, 3.05) is 0 Å². The van der Waals surface area contributed by atoms with Gasteiger partial charge in [0.25, 0.3) is 6.04 Å². The SMILES string of the molecule is NC1=NN(O)C2=CC([N+](=O)[O-])C=CC2=N1. The van der Waals surface area contributed by atoms with Gasteiger partial charge in [0.1, 0.15) is 5.70 Å². The maximum absolute atomic E-state index is 10.5. The molecule has 0 saturated carbocycles. The van der Waals surface area contributed by atoms with Crippen LogP contribution in [0.1, 0.15) is 0 Å². The fourth-order valence-corrected chi connectivity index (χ4v) is 1.27. The third-order valence-corrected chi connectivity index (χ3v) is 1.93. The Bertz CT molecular complexity index is 436. The fourth-order valence-electron chi connectivity index (χ4n) is 1.27. The molecule has 0 saturated heterocycles. The molecular formula is C7H7N5O3. The van der Waals surface area contributed by atoms with Gasteiger partial charge in [0.15, 0.2) is 0 Å². The number of hydrogen-bond acceptors (Lipinski definition) is 7. The number of fused-ring (bicyclic) bond motifs is 1. The van der Waals surface area contributed by atoms with Crippen LogP contribution in [0.2, 0.25) is 0 Å². The molecule has 1 aliphatic heterocycles. The summed E-state index contributed by atoms with van der Waals surface area (Å²) >= 11 is 0. The summed E-state index contributed by atoms with van der Waals surface area (Å²) in [6.07, 6.45) is 4.02. The van der Waals surface area contributed by atoms with Gasteiger partial charge in [-0.3, -0.25) is 15.3 Å². The van der Waals surface area contributed by atoms with Crippen LogP contribution in [0.5, 0.6) is 0 Å². The highest BCUT2D eigenvalue weighted by Crippen LogP contribution is 2.17. The van der Waals surface area contributed by atoms with E-state index in [1.54, 1.807) is 0 Å². The fraction of sp³-hybridized carbons (Fsp3) is 0.143. The maximum Gasteiger partial charge on any atom is 0.252 e. The molecule has 0 radical (unpaired) electrons. The standard InChI is InChI=1S/C7H7N5O3/c8-7-9-5-2-1-4(12(14)15)3-6(5)11(13)10-7/h1-4,13H,(H2,8,10). The number of nitrogens with zero attached hydrogens (tertiary/aromatic N) is 4. The quantitative estimate of drug-likeness (QED) is 0.444. The number of hydrogen-bond donors (Lipinski definition) is 2. The highest BCUT2D eigenvalue weighted by Gasteiger charge is 2.26. The molecule has 8 heteroatoms. The first kappa shape index (κ1) is 9.34. The van der Waals surface area contributed by atoms with Crippen LogP contribution in [0.3, 0.4) is 0 Å². The van der Waals surface area contributed by atoms with Crippen molar-refractivity contribution in [2.24, 2.45) is 15.8 Å². The lowest BCUT2D eigenvalue weighted by Gasteiger charge is -2.21. The van der Waals surface area contributed by atoms with Gasteiger partial charge in [-0.25, -0.2) is 4.99 Å². The van der Waals surface area contributed by atoms with Crippen molar-refractivity contribution < 1.29 is 10.1 Å². The van der Waals surface area contributed by atoms with E-state index in [1.165, 1.54) is 18.2 Å². The van der Waals surface area contributed by atoms with E-state index < -0.39 is 11.0 Å². The Labute approximate surface area is 83.8 Å². The first-order valence-corrected chi connectivity index (χ1v) is 4.03. The smallest absolute Gasteiger partial charge is 0.252 e. The first-order valence-electron chi connectivity index (χ1n) is 4.03. The number of guanidine groups is 1. The summed E-state index contributed by atoms with van der Waals surface area (Å²) in [6, 6.07) is -0.983. The van der Waals surface area contributed by atoms with Crippen molar-refractivity contribution in [1.29, 1.82) is 0 Å². The van der Waals surface area contributed by atoms with E-state index in [4.69, 9.17) is 5.73 Å².